The van der Waals surface area contributed by atoms with E-state index in [0.29, 0.717) is 10.7 Å². The summed E-state index contributed by atoms with van der Waals surface area (Å²) >= 11 is 9.58. The monoisotopic (exact) mass is 342 g/mol. The van der Waals surface area contributed by atoms with E-state index in [1.54, 1.807) is 17.8 Å². The van der Waals surface area contributed by atoms with E-state index in [1.165, 1.54) is 0 Å². The molecule has 2 aromatic rings. The van der Waals surface area contributed by atoms with Crippen LogP contribution in [0.3, 0.4) is 0 Å². The minimum absolute atomic E-state index is 0.487. The van der Waals surface area contributed by atoms with Crippen LogP contribution in [-0.4, -0.2) is 14.9 Å². The Balaban J connectivity index is 2.49. The highest BCUT2D eigenvalue weighted by Gasteiger charge is 2.32. The van der Waals surface area contributed by atoms with Gasteiger partial charge in [0.2, 0.25) is 0 Å². The topological polar surface area (TPSA) is 38.0 Å². The van der Waals surface area contributed by atoms with Gasteiger partial charge in [-0.3, -0.25) is 4.68 Å². The highest BCUT2D eigenvalue weighted by atomic mass is 79.9. The van der Waals surface area contributed by atoms with Crippen LogP contribution in [0.25, 0.3) is 0 Å². The summed E-state index contributed by atoms with van der Waals surface area (Å²) in [6, 6.07) is 7.56. The van der Waals surface area contributed by atoms with Crippen LogP contribution in [0.1, 0.15) is 31.5 Å². The molecule has 1 aromatic carbocycles. The van der Waals surface area contributed by atoms with E-state index in [9.17, 15) is 5.11 Å². The van der Waals surface area contributed by atoms with Gasteiger partial charge in [-0.2, -0.15) is 5.10 Å². The van der Waals surface area contributed by atoms with E-state index in [2.05, 4.69) is 28.0 Å². The molecule has 5 heteroatoms. The zero-order chi connectivity index (χ0) is 14.0. The molecule has 0 bridgehead atoms. The van der Waals surface area contributed by atoms with Crippen LogP contribution < -0.4 is 0 Å². The summed E-state index contributed by atoms with van der Waals surface area (Å²) in [4.78, 5) is 0. The molecular weight excluding hydrogens is 328 g/mol. The van der Waals surface area contributed by atoms with E-state index in [4.69, 9.17) is 11.6 Å². The maximum absolute atomic E-state index is 10.9. The molecule has 19 heavy (non-hydrogen) atoms. The van der Waals surface area contributed by atoms with Gasteiger partial charge in [0.1, 0.15) is 5.60 Å². The molecule has 1 unspecified atom stereocenters. The molecule has 0 radical (unpaired) electrons. The third-order valence-electron chi connectivity index (χ3n) is 3.10. The number of hydrogen-bond donors (Lipinski definition) is 1. The Morgan fingerprint density at radius 2 is 2.00 bits per heavy atom. The number of aryl methyl sites for hydroxylation is 1. The van der Waals surface area contributed by atoms with Crippen LogP contribution in [0.2, 0.25) is 5.02 Å². The second-order valence-corrected chi connectivity index (χ2v) is 5.97. The summed E-state index contributed by atoms with van der Waals surface area (Å²) in [6.45, 7) is 4.54. The summed E-state index contributed by atoms with van der Waals surface area (Å²) in [5.41, 5.74) is 0.262. The molecule has 0 aliphatic carbocycles. The van der Waals surface area contributed by atoms with Crippen molar-refractivity contribution < 1.29 is 5.11 Å². The fourth-order valence-electron chi connectivity index (χ4n) is 2.14. The first-order chi connectivity index (χ1) is 8.96. The van der Waals surface area contributed by atoms with Gasteiger partial charge in [-0.25, -0.2) is 0 Å². The van der Waals surface area contributed by atoms with E-state index in [1.807, 2.05) is 24.3 Å². The van der Waals surface area contributed by atoms with E-state index in [-0.39, 0.29) is 0 Å². The summed E-state index contributed by atoms with van der Waals surface area (Å²) < 4.78 is 2.74. The Bertz CT molecular complexity index is 563. The highest BCUT2D eigenvalue weighted by Crippen LogP contribution is 2.34. The van der Waals surface area contributed by atoms with Gasteiger partial charge in [-0.05, 0) is 31.0 Å². The predicted octanol–water partition coefficient (Wildman–Crippen LogP) is 3.96. The van der Waals surface area contributed by atoms with Gasteiger partial charge in [-0.1, -0.05) is 46.6 Å². The van der Waals surface area contributed by atoms with Crippen molar-refractivity contribution in [2.45, 2.75) is 32.4 Å². The molecule has 102 valence electrons. The summed E-state index contributed by atoms with van der Waals surface area (Å²) in [7, 11) is 0. The van der Waals surface area contributed by atoms with Crippen molar-refractivity contribution in [2.75, 3.05) is 0 Å². The number of aromatic nitrogens is 2. The first kappa shape index (κ1) is 14.6. The molecule has 2 rings (SSSR count). The zero-order valence-corrected chi connectivity index (χ0v) is 13.2. The van der Waals surface area contributed by atoms with Crippen molar-refractivity contribution in [1.82, 2.24) is 9.78 Å². The van der Waals surface area contributed by atoms with Gasteiger partial charge in [-0.15, -0.1) is 0 Å². The SMILES string of the molecule is CCCn1ncc(Cl)c1C(C)(O)c1ccc(Br)cc1. The standard InChI is InChI=1S/C14H16BrClN2O/c1-3-8-18-13(12(16)9-17-18)14(2,19)10-4-6-11(15)7-5-10/h4-7,9,19H,3,8H2,1-2H3. The molecule has 1 aromatic heterocycles. The Morgan fingerprint density at radius 3 is 2.58 bits per heavy atom. The number of benzene rings is 1. The van der Waals surface area contributed by atoms with Gasteiger partial charge >= 0.3 is 0 Å². The molecule has 0 spiro atoms. The van der Waals surface area contributed by atoms with Crippen LogP contribution in [0.15, 0.2) is 34.9 Å². The van der Waals surface area contributed by atoms with Crippen molar-refractivity contribution in [2.24, 2.45) is 0 Å². The molecule has 3 nitrogen and oxygen atoms in total. The largest absolute Gasteiger partial charge is 0.379 e. The maximum Gasteiger partial charge on any atom is 0.130 e. The van der Waals surface area contributed by atoms with Crippen LogP contribution in [0, 0.1) is 0 Å². The van der Waals surface area contributed by atoms with Crippen LogP contribution in [0.4, 0.5) is 0 Å². The van der Waals surface area contributed by atoms with E-state index >= 15 is 0 Å². The van der Waals surface area contributed by atoms with Crippen molar-refractivity contribution in [3.63, 3.8) is 0 Å². The highest BCUT2D eigenvalue weighted by molar-refractivity contribution is 9.10. The quantitative estimate of drug-likeness (QED) is 0.912. The van der Waals surface area contributed by atoms with Gasteiger partial charge in [0.05, 0.1) is 16.9 Å². The van der Waals surface area contributed by atoms with Crippen molar-refractivity contribution in [3.8, 4) is 0 Å². The Hall–Kier alpha value is -0.840. The Kier molecular flexibility index (Phi) is 4.33. The third-order valence-corrected chi connectivity index (χ3v) is 3.90. The van der Waals surface area contributed by atoms with Crippen LogP contribution in [-0.2, 0) is 12.1 Å². The number of halogens is 2. The van der Waals surface area contributed by atoms with Crippen molar-refractivity contribution >= 4 is 27.5 Å². The Labute approximate surface area is 126 Å². The summed E-state index contributed by atoms with van der Waals surface area (Å²) in [5.74, 6) is 0. The van der Waals surface area contributed by atoms with Crippen molar-refractivity contribution in [3.05, 3.63) is 51.2 Å². The average molecular weight is 344 g/mol. The van der Waals surface area contributed by atoms with Gasteiger partial charge < -0.3 is 5.11 Å². The molecule has 0 aliphatic rings. The number of aliphatic hydroxyl groups is 1. The van der Waals surface area contributed by atoms with E-state index < -0.39 is 5.60 Å². The number of hydrogen-bond acceptors (Lipinski definition) is 2. The molecule has 0 fully saturated rings. The third kappa shape index (κ3) is 2.86. The fourth-order valence-corrected chi connectivity index (χ4v) is 2.73. The lowest BCUT2D eigenvalue weighted by Gasteiger charge is -2.25. The Morgan fingerprint density at radius 1 is 1.37 bits per heavy atom. The second kappa shape index (κ2) is 5.65. The minimum Gasteiger partial charge on any atom is -0.379 e. The van der Waals surface area contributed by atoms with Crippen molar-refractivity contribution in [1.29, 1.82) is 0 Å². The number of nitrogens with zero attached hydrogens (tertiary/aromatic N) is 2. The minimum atomic E-state index is -1.16. The van der Waals surface area contributed by atoms with Gasteiger partial charge in [0.25, 0.3) is 0 Å². The van der Waals surface area contributed by atoms with Gasteiger partial charge in [0, 0.05) is 11.0 Å². The average Bonchev–Trinajstić information content (AvgIpc) is 2.72. The zero-order valence-electron chi connectivity index (χ0n) is 10.9. The molecule has 1 atom stereocenters. The molecule has 1 heterocycles. The van der Waals surface area contributed by atoms with Crippen LogP contribution >= 0.6 is 27.5 Å². The van der Waals surface area contributed by atoms with Crippen LogP contribution in [0.5, 0.6) is 0 Å². The molecule has 0 saturated carbocycles. The second-order valence-electron chi connectivity index (χ2n) is 4.64. The molecule has 0 aliphatic heterocycles. The normalized spacial score (nSPS) is 14.4. The molecule has 1 N–H and O–H groups in total. The fraction of sp³-hybridized carbons (Fsp3) is 0.357. The first-order valence-electron chi connectivity index (χ1n) is 6.17. The molecular formula is C14H16BrClN2O. The smallest absolute Gasteiger partial charge is 0.130 e. The van der Waals surface area contributed by atoms with E-state index in [0.717, 1.165) is 23.0 Å². The summed E-state index contributed by atoms with van der Waals surface area (Å²) in [5, 5.41) is 15.6. The molecule has 0 amide bonds. The summed E-state index contributed by atoms with van der Waals surface area (Å²) in [6.07, 6.45) is 2.52. The predicted molar refractivity (Wildman–Crippen MR) is 80.3 cm³/mol. The first-order valence-corrected chi connectivity index (χ1v) is 7.34. The number of rotatable bonds is 4. The lowest BCUT2D eigenvalue weighted by molar-refractivity contribution is 0.0915. The lowest BCUT2D eigenvalue weighted by atomic mass is 9.92. The lowest BCUT2D eigenvalue weighted by Crippen LogP contribution is -2.27. The van der Waals surface area contributed by atoms with Gasteiger partial charge in [0.15, 0.2) is 0 Å². The maximum atomic E-state index is 10.9. The molecule has 0 saturated heterocycles.